The van der Waals surface area contributed by atoms with Crippen LogP contribution >= 0.6 is 11.3 Å². The van der Waals surface area contributed by atoms with E-state index in [4.69, 9.17) is 5.11 Å². The van der Waals surface area contributed by atoms with Crippen molar-refractivity contribution in [3.05, 3.63) is 17.0 Å². The van der Waals surface area contributed by atoms with Crippen molar-refractivity contribution < 1.29 is 21.9 Å². The molecule has 0 aromatic carbocycles. The number of aliphatic hydroxyl groups is 1. The van der Waals surface area contributed by atoms with Gasteiger partial charge in [0.2, 0.25) is 10.0 Å². The average Bonchev–Trinajstić information content (AvgIpc) is 2.82. The van der Waals surface area contributed by atoms with Crippen molar-refractivity contribution in [3.63, 3.8) is 0 Å². The number of thiophene rings is 1. The molecule has 2 heterocycles. The molecular weight excluding hydrogens is 322 g/mol. The maximum atomic E-state index is 12.2. The minimum Gasteiger partial charge on any atom is -0.396 e. The number of hydrogen-bond donors (Lipinski definition) is 2. The van der Waals surface area contributed by atoms with Gasteiger partial charge >= 0.3 is 0 Å². The Hall–Kier alpha value is -0.480. The molecule has 9 heteroatoms. The molecule has 0 atom stereocenters. The number of sulfone groups is 1. The Morgan fingerprint density at radius 3 is 2.55 bits per heavy atom. The van der Waals surface area contributed by atoms with Gasteiger partial charge in [-0.15, -0.1) is 11.3 Å². The van der Waals surface area contributed by atoms with E-state index < -0.39 is 19.9 Å². The van der Waals surface area contributed by atoms with Gasteiger partial charge in [-0.2, -0.15) is 0 Å². The predicted octanol–water partition coefficient (Wildman–Crippen LogP) is 0.138. The number of sulfonamides is 1. The molecule has 0 saturated carbocycles. The number of hydrogen-bond acceptors (Lipinski definition) is 6. The third kappa shape index (κ3) is 4.01. The highest BCUT2D eigenvalue weighted by Gasteiger charge is 2.28. The molecule has 1 aromatic rings. The zero-order valence-corrected chi connectivity index (χ0v) is 13.2. The van der Waals surface area contributed by atoms with Crippen LogP contribution in [0, 0.1) is 0 Å². The lowest BCUT2D eigenvalue weighted by atomic mass is 10.2. The molecule has 1 fully saturated rings. The van der Waals surface area contributed by atoms with Gasteiger partial charge in [0.1, 0.15) is 14.0 Å². The van der Waals surface area contributed by atoms with E-state index in [0.717, 1.165) is 16.2 Å². The van der Waals surface area contributed by atoms with E-state index in [1.807, 2.05) is 0 Å². The largest absolute Gasteiger partial charge is 0.396 e. The highest BCUT2D eigenvalue weighted by atomic mass is 32.2. The van der Waals surface area contributed by atoms with Crippen LogP contribution in [0.2, 0.25) is 0 Å². The van der Waals surface area contributed by atoms with Crippen LogP contribution in [0.4, 0.5) is 0 Å². The SMILES string of the molecule is O=S1(=O)CCC(NS(=O)(=O)c2ccc(CCO)s2)CC1. The maximum absolute atomic E-state index is 12.2. The van der Waals surface area contributed by atoms with Crippen LogP contribution in [0.3, 0.4) is 0 Å². The first kappa shape index (κ1) is 15.9. The van der Waals surface area contributed by atoms with Crippen molar-refractivity contribution >= 4 is 31.2 Å². The minimum absolute atomic E-state index is 0.0199. The Balaban J connectivity index is 2.03. The van der Waals surface area contributed by atoms with E-state index in [9.17, 15) is 16.8 Å². The summed E-state index contributed by atoms with van der Waals surface area (Å²) in [5.41, 5.74) is 0. The molecule has 1 aliphatic rings. The second kappa shape index (κ2) is 6.10. The quantitative estimate of drug-likeness (QED) is 0.795. The summed E-state index contributed by atoms with van der Waals surface area (Å²) in [6, 6.07) is 2.87. The minimum atomic E-state index is -3.60. The fraction of sp³-hybridized carbons (Fsp3) is 0.636. The molecule has 1 aromatic heterocycles. The van der Waals surface area contributed by atoms with Crippen molar-refractivity contribution in [1.29, 1.82) is 0 Å². The van der Waals surface area contributed by atoms with Gasteiger partial charge in [-0.1, -0.05) is 0 Å². The Morgan fingerprint density at radius 2 is 1.95 bits per heavy atom. The molecule has 114 valence electrons. The molecule has 0 bridgehead atoms. The van der Waals surface area contributed by atoms with Gasteiger partial charge in [-0.3, -0.25) is 0 Å². The van der Waals surface area contributed by atoms with E-state index >= 15 is 0 Å². The van der Waals surface area contributed by atoms with E-state index in [2.05, 4.69) is 4.72 Å². The summed E-state index contributed by atoms with van der Waals surface area (Å²) in [5.74, 6) is 0.0563. The lowest BCUT2D eigenvalue weighted by Crippen LogP contribution is -2.40. The van der Waals surface area contributed by atoms with Gasteiger partial charge < -0.3 is 5.11 Å². The molecule has 20 heavy (non-hydrogen) atoms. The Morgan fingerprint density at radius 1 is 1.30 bits per heavy atom. The fourth-order valence-electron chi connectivity index (χ4n) is 2.03. The molecule has 2 N–H and O–H groups in total. The van der Waals surface area contributed by atoms with Crippen LogP contribution in [0.1, 0.15) is 17.7 Å². The summed E-state index contributed by atoms with van der Waals surface area (Å²) in [4.78, 5) is 0.805. The highest BCUT2D eigenvalue weighted by Crippen LogP contribution is 2.23. The monoisotopic (exact) mass is 339 g/mol. The lowest BCUT2D eigenvalue weighted by Gasteiger charge is -2.22. The van der Waals surface area contributed by atoms with Crippen LogP contribution in [0.15, 0.2) is 16.3 Å². The van der Waals surface area contributed by atoms with Crippen LogP contribution in [-0.4, -0.2) is 46.1 Å². The molecule has 1 saturated heterocycles. The van der Waals surface area contributed by atoms with E-state index in [0.29, 0.717) is 19.3 Å². The molecule has 0 aliphatic carbocycles. The summed E-state index contributed by atoms with van der Waals surface area (Å²) in [6.07, 6.45) is 1.06. The fourth-order valence-corrected chi connectivity index (χ4v) is 6.19. The molecule has 0 radical (unpaired) electrons. The summed E-state index contributed by atoms with van der Waals surface area (Å²) < 4.78 is 49.7. The van der Waals surface area contributed by atoms with Crippen molar-refractivity contribution in [2.24, 2.45) is 0 Å². The first-order valence-electron chi connectivity index (χ1n) is 6.25. The average molecular weight is 339 g/mol. The van der Waals surface area contributed by atoms with Gasteiger partial charge in [0.25, 0.3) is 0 Å². The third-order valence-corrected chi connectivity index (χ3v) is 8.01. The van der Waals surface area contributed by atoms with Crippen molar-refractivity contribution in [3.8, 4) is 0 Å². The van der Waals surface area contributed by atoms with Gasteiger partial charge in [0, 0.05) is 23.9 Å². The maximum Gasteiger partial charge on any atom is 0.250 e. The van der Waals surface area contributed by atoms with Gasteiger partial charge in [-0.05, 0) is 25.0 Å². The van der Waals surface area contributed by atoms with Crippen LogP contribution in [-0.2, 0) is 26.3 Å². The number of aliphatic hydroxyl groups excluding tert-OH is 1. The molecule has 0 unspecified atom stereocenters. The molecular formula is C11H17NO5S3. The summed E-state index contributed by atoms with van der Waals surface area (Å²) in [7, 11) is -6.60. The molecule has 6 nitrogen and oxygen atoms in total. The number of rotatable bonds is 5. The van der Waals surface area contributed by atoms with Crippen LogP contribution in [0.5, 0.6) is 0 Å². The normalized spacial score (nSPS) is 20.1. The number of nitrogens with one attached hydrogen (secondary N) is 1. The van der Waals surface area contributed by atoms with Crippen LogP contribution < -0.4 is 4.72 Å². The molecule has 2 rings (SSSR count). The summed E-state index contributed by atoms with van der Waals surface area (Å²) in [6.45, 7) is -0.0199. The third-order valence-electron chi connectivity index (χ3n) is 3.14. The highest BCUT2D eigenvalue weighted by molar-refractivity contribution is 7.92. The summed E-state index contributed by atoms with van der Waals surface area (Å²) in [5, 5.41) is 8.83. The second-order valence-electron chi connectivity index (χ2n) is 4.74. The zero-order valence-electron chi connectivity index (χ0n) is 10.8. The Bertz CT molecular complexity index is 648. The van der Waals surface area contributed by atoms with E-state index in [-0.39, 0.29) is 28.4 Å². The lowest BCUT2D eigenvalue weighted by molar-refractivity contribution is 0.300. The standard InChI is InChI=1S/C11H17NO5S3/c13-6-3-10-1-2-11(18-10)20(16,17)12-9-4-7-19(14,15)8-5-9/h1-2,9,12-13H,3-8H2. The molecule has 0 amide bonds. The first-order valence-corrected chi connectivity index (χ1v) is 10.4. The first-order chi connectivity index (χ1) is 9.32. The zero-order chi connectivity index (χ0) is 14.8. The van der Waals surface area contributed by atoms with Crippen molar-refractivity contribution in [2.75, 3.05) is 18.1 Å². The van der Waals surface area contributed by atoms with Crippen LogP contribution in [0.25, 0.3) is 0 Å². The van der Waals surface area contributed by atoms with Crippen molar-refractivity contribution in [1.82, 2.24) is 4.72 Å². The molecule has 0 spiro atoms. The van der Waals surface area contributed by atoms with Gasteiger partial charge in [-0.25, -0.2) is 21.6 Å². The molecule has 1 aliphatic heterocycles. The van der Waals surface area contributed by atoms with Gasteiger partial charge in [0.15, 0.2) is 0 Å². The smallest absolute Gasteiger partial charge is 0.250 e. The Kier molecular flexibility index (Phi) is 4.85. The predicted molar refractivity (Wildman–Crippen MR) is 77.1 cm³/mol. The topological polar surface area (TPSA) is 101 Å². The van der Waals surface area contributed by atoms with E-state index in [1.165, 1.54) is 6.07 Å². The van der Waals surface area contributed by atoms with E-state index in [1.54, 1.807) is 6.07 Å². The second-order valence-corrected chi connectivity index (χ2v) is 10.2. The van der Waals surface area contributed by atoms with Crippen molar-refractivity contribution in [2.45, 2.75) is 29.5 Å². The summed E-state index contributed by atoms with van der Waals surface area (Å²) >= 11 is 1.12. The Labute approximate surface area is 122 Å². The van der Waals surface area contributed by atoms with Gasteiger partial charge in [0.05, 0.1) is 11.5 Å².